The minimum absolute atomic E-state index is 0.0140. The SMILES string of the molecule is O=Cc1c(-c2ccc(F)cc2F)nn(-c2ccccc2)c1Cl. The monoisotopic (exact) mass is 318 g/mol. The molecule has 0 atom stereocenters. The van der Waals surface area contributed by atoms with Gasteiger partial charge < -0.3 is 0 Å². The third-order valence-corrected chi connectivity index (χ3v) is 3.53. The van der Waals surface area contributed by atoms with Gasteiger partial charge in [0, 0.05) is 11.6 Å². The molecule has 0 saturated heterocycles. The number of hydrogen-bond acceptors (Lipinski definition) is 2. The zero-order valence-corrected chi connectivity index (χ0v) is 11.9. The third-order valence-electron chi connectivity index (χ3n) is 3.17. The third kappa shape index (κ3) is 2.40. The van der Waals surface area contributed by atoms with Gasteiger partial charge in [0.2, 0.25) is 0 Å². The second-order valence-corrected chi connectivity index (χ2v) is 4.90. The van der Waals surface area contributed by atoms with Crippen LogP contribution in [0.25, 0.3) is 16.9 Å². The number of nitrogens with zero attached hydrogens (tertiary/aromatic N) is 2. The molecule has 0 aliphatic carbocycles. The average molecular weight is 319 g/mol. The number of aldehydes is 1. The smallest absolute Gasteiger partial charge is 0.155 e. The zero-order chi connectivity index (χ0) is 15.7. The molecule has 0 N–H and O–H groups in total. The minimum atomic E-state index is -0.808. The Bertz CT molecular complexity index is 847. The van der Waals surface area contributed by atoms with Crippen LogP contribution < -0.4 is 0 Å². The predicted molar refractivity (Wildman–Crippen MR) is 79.3 cm³/mol. The summed E-state index contributed by atoms with van der Waals surface area (Å²) >= 11 is 6.17. The predicted octanol–water partition coefficient (Wildman–Crippen LogP) is 4.28. The largest absolute Gasteiger partial charge is 0.298 e. The van der Waals surface area contributed by atoms with Gasteiger partial charge >= 0.3 is 0 Å². The van der Waals surface area contributed by atoms with Gasteiger partial charge in [-0.15, -0.1) is 0 Å². The van der Waals surface area contributed by atoms with Crippen LogP contribution in [0.2, 0.25) is 5.15 Å². The van der Waals surface area contributed by atoms with Crippen molar-refractivity contribution >= 4 is 17.9 Å². The summed E-state index contributed by atoms with van der Waals surface area (Å²) in [6.07, 6.45) is 0.507. The number of halogens is 3. The molecule has 2 aromatic carbocycles. The van der Waals surface area contributed by atoms with E-state index >= 15 is 0 Å². The van der Waals surface area contributed by atoms with E-state index in [1.54, 1.807) is 24.3 Å². The number of carbonyl (C=O) groups is 1. The van der Waals surface area contributed by atoms with Gasteiger partial charge in [-0.1, -0.05) is 29.8 Å². The second kappa shape index (κ2) is 5.69. The van der Waals surface area contributed by atoms with E-state index in [1.807, 2.05) is 6.07 Å². The van der Waals surface area contributed by atoms with Crippen molar-refractivity contribution in [3.8, 4) is 16.9 Å². The number of hydrogen-bond donors (Lipinski definition) is 0. The van der Waals surface area contributed by atoms with Crippen molar-refractivity contribution in [2.45, 2.75) is 0 Å². The fourth-order valence-corrected chi connectivity index (χ4v) is 2.40. The maximum Gasteiger partial charge on any atom is 0.155 e. The van der Waals surface area contributed by atoms with Gasteiger partial charge in [-0.25, -0.2) is 13.5 Å². The summed E-state index contributed by atoms with van der Waals surface area (Å²) in [5, 5.41) is 4.27. The van der Waals surface area contributed by atoms with Crippen LogP contribution in [-0.2, 0) is 0 Å². The maximum atomic E-state index is 13.9. The number of carbonyl (C=O) groups excluding carboxylic acids is 1. The molecule has 0 radical (unpaired) electrons. The minimum Gasteiger partial charge on any atom is -0.298 e. The van der Waals surface area contributed by atoms with Gasteiger partial charge in [0.1, 0.15) is 22.5 Å². The lowest BCUT2D eigenvalue weighted by atomic mass is 10.1. The highest BCUT2D eigenvalue weighted by atomic mass is 35.5. The van der Waals surface area contributed by atoms with Crippen molar-refractivity contribution in [3.05, 3.63) is 70.9 Å². The molecule has 0 saturated carbocycles. The molecule has 0 fully saturated rings. The van der Waals surface area contributed by atoms with Gasteiger partial charge in [0.15, 0.2) is 6.29 Å². The van der Waals surface area contributed by atoms with E-state index in [2.05, 4.69) is 5.10 Å². The van der Waals surface area contributed by atoms with Gasteiger partial charge in [-0.05, 0) is 24.3 Å². The summed E-state index contributed by atoms with van der Waals surface area (Å²) in [6.45, 7) is 0. The van der Waals surface area contributed by atoms with Gasteiger partial charge in [-0.3, -0.25) is 4.79 Å². The lowest BCUT2D eigenvalue weighted by molar-refractivity contribution is 0.112. The van der Waals surface area contributed by atoms with Crippen molar-refractivity contribution in [1.29, 1.82) is 0 Å². The molecule has 6 heteroatoms. The van der Waals surface area contributed by atoms with Crippen LogP contribution in [0.5, 0.6) is 0 Å². The average Bonchev–Trinajstić information content (AvgIpc) is 2.84. The second-order valence-electron chi connectivity index (χ2n) is 4.54. The van der Waals surface area contributed by atoms with Crippen LogP contribution in [0, 0.1) is 11.6 Å². The Morgan fingerprint density at radius 3 is 2.45 bits per heavy atom. The first-order valence-electron chi connectivity index (χ1n) is 6.36. The fraction of sp³-hybridized carbons (Fsp3) is 0. The molecular weight excluding hydrogens is 310 g/mol. The molecule has 0 aliphatic heterocycles. The molecule has 1 heterocycles. The summed E-state index contributed by atoms with van der Waals surface area (Å²) < 4.78 is 28.3. The van der Waals surface area contributed by atoms with E-state index in [0.717, 1.165) is 12.1 Å². The number of para-hydroxylation sites is 1. The van der Waals surface area contributed by atoms with Crippen LogP contribution in [0.4, 0.5) is 8.78 Å². The Morgan fingerprint density at radius 1 is 1.09 bits per heavy atom. The van der Waals surface area contributed by atoms with Crippen LogP contribution in [0.15, 0.2) is 48.5 Å². The van der Waals surface area contributed by atoms with E-state index in [-0.39, 0.29) is 22.0 Å². The maximum absolute atomic E-state index is 13.9. The van der Waals surface area contributed by atoms with E-state index in [4.69, 9.17) is 11.6 Å². The Balaban J connectivity index is 2.23. The molecule has 0 amide bonds. The van der Waals surface area contributed by atoms with E-state index in [0.29, 0.717) is 12.0 Å². The summed E-state index contributed by atoms with van der Waals surface area (Å²) in [6, 6.07) is 11.9. The highest BCUT2D eigenvalue weighted by Gasteiger charge is 2.20. The number of rotatable bonds is 3. The lowest BCUT2D eigenvalue weighted by Crippen LogP contribution is -1.96. The number of benzene rings is 2. The van der Waals surface area contributed by atoms with Crippen molar-refractivity contribution in [2.24, 2.45) is 0 Å². The summed E-state index contributed by atoms with van der Waals surface area (Å²) in [7, 11) is 0. The standard InChI is InChI=1S/C16H9ClF2N2O/c17-16-13(9-22)15(12-7-6-10(18)8-14(12)19)20-21(16)11-4-2-1-3-5-11/h1-9H. The first kappa shape index (κ1) is 14.4. The first-order chi connectivity index (χ1) is 10.6. The lowest BCUT2D eigenvalue weighted by Gasteiger charge is -2.02. The molecule has 0 spiro atoms. The Hall–Kier alpha value is -2.53. The van der Waals surface area contributed by atoms with Crippen molar-refractivity contribution in [3.63, 3.8) is 0 Å². The topological polar surface area (TPSA) is 34.9 Å². The summed E-state index contributed by atoms with van der Waals surface area (Å²) in [5.41, 5.74) is 0.766. The molecular formula is C16H9ClF2N2O. The van der Waals surface area contributed by atoms with Crippen LogP contribution in [-0.4, -0.2) is 16.1 Å². The molecule has 1 aromatic heterocycles. The molecule has 0 aliphatic rings. The molecule has 0 unspecified atom stereocenters. The molecule has 110 valence electrons. The summed E-state index contributed by atoms with van der Waals surface area (Å²) in [5.74, 6) is -1.51. The Kier molecular flexibility index (Phi) is 3.73. The Labute approximate surface area is 129 Å². The van der Waals surface area contributed by atoms with Crippen LogP contribution in [0.3, 0.4) is 0 Å². The fourth-order valence-electron chi connectivity index (χ4n) is 2.13. The highest BCUT2D eigenvalue weighted by molar-refractivity contribution is 6.32. The first-order valence-corrected chi connectivity index (χ1v) is 6.74. The molecule has 3 nitrogen and oxygen atoms in total. The quantitative estimate of drug-likeness (QED) is 0.675. The normalized spacial score (nSPS) is 10.7. The van der Waals surface area contributed by atoms with Gasteiger partial charge in [0.25, 0.3) is 0 Å². The summed E-state index contributed by atoms with van der Waals surface area (Å²) in [4.78, 5) is 11.3. The van der Waals surface area contributed by atoms with Gasteiger partial charge in [0.05, 0.1) is 11.3 Å². The van der Waals surface area contributed by atoms with Gasteiger partial charge in [-0.2, -0.15) is 5.10 Å². The van der Waals surface area contributed by atoms with Crippen molar-refractivity contribution in [1.82, 2.24) is 9.78 Å². The van der Waals surface area contributed by atoms with E-state index < -0.39 is 11.6 Å². The molecule has 0 bridgehead atoms. The zero-order valence-electron chi connectivity index (χ0n) is 11.1. The Morgan fingerprint density at radius 2 is 1.82 bits per heavy atom. The molecule has 3 rings (SSSR count). The highest BCUT2D eigenvalue weighted by Crippen LogP contribution is 2.31. The van der Waals surface area contributed by atoms with Crippen molar-refractivity contribution < 1.29 is 13.6 Å². The van der Waals surface area contributed by atoms with Crippen molar-refractivity contribution in [2.75, 3.05) is 0 Å². The van der Waals surface area contributed by atoms with Crippen LogP contribution >= 0.6 is 11.6 Å². The van der Waals surface area contributed by atoms with Crippen LogP contribution in [0.1, 0.15) is 10.4 Å². The van der Waals surface area contributed by atoms with E-state index in [9.17, 15) is 13.6 Å². The number of aromatic nitrogens is 2. The van der Waals surface area contributed by atoms with E-state index in [1.165, 1.54) is 10.7 Å². The molecule has 3 aromatic rings. The molecule has 22 heavy (non-hydrogen) atoms.